The van der Waals surface area contributed by atoms with E-state index in [1.54, 1.807) is 0 Å². The van der Waals surface area contributed by atoms with Crippen LogP contribution in [-0.4, -0.2) is 18.3 Å². The van der Waals surface area contributed by atoms with Crippen LogP contribution in [0, 0.1) is 11.8 Å². The number of allylic oxidation sites excluding steroid dienone is 1. The van der Waals surface area contributed by atoms with Gasteiger partial charge in [0, 0.05) is 0 Å². The Bertz CT molecular complexity index is 306. The van der Waals surface area contributed by atoms with Crippen molar-refractivity contribution in [1.82, 2.24) is 0 Å². The van der Waals surface area contributed by atoms with E-state index in [1.165, 1.54) is 25.7 Å². The minimum Gasteiger partial charge on any atom is -0.400 e. The first-order chi connectivity index (χ1) is 8.32. The van der Waals surface area contributed by atoms with E-state index in [0.717, 1.165) is 5.92 Å². The van der Waals surface area contributed by atoms with Gasteiger partial charge in [0.1, 0.15) is 0 Å². The van der Waals surface area contributed by atoms with E-state index < -0.39 is 0 Å². The van der Waals surface area contributed by atoms with Gasteiger partial charge in [0.2, 0.25) is 0 Å². The molecule has 102 valence electrons. The monoisotopic (exact) mass is 250 g/mol. The fourth-order valence-electron chi connectivity index (χ4n) is 2.83. The average Bonchev–Trinajstić information content (AvgIpc) is 2.46. The van der Waals surface area contributed by atoms with Crippen molar-refractivity contribution < 1.29 is 9.31 Å². The van der Waals surface area contributed by atoms with Gasteiger partial charge in [-0.1, -0.05) is 38.2 Å². The van der Waals surface area contributed by atoms with Crippen molar-refractivity contribution >= 4 is 7.12 Å². The topological polar surface area (TPSA) is 18.5 Å². The molecule has 1 saturated heterocycles. The number of hydrogen-bond donors (Lipinski definition) is 0. The third-order valence-electron chi connectivity index (χ3n) is 4.96. The fourth-order valence-corrected chi connectivity index (χ4v) is 2.83. The van der Waals surface area contributed by atoms with Crippen molar-refractivity contribution in [2.24, 2.45) is 11.8 Å². The van der Waals surface area contributed by atoms with Crippen LogP contribution in [0.1, 0.15) is 60.3 Å². The van der Waals surface area contributed by atoms with Crippen molar-refractivity contribution in [2.45, 2.75) is 71.5 Å². The van der Waals surface area contributed by atoms with Crippen LogP contribution in [0.25, 0.3) is 0 Å². The Balaban J connectivity index is 1.95. The molecule has 3 heteroatoms. The maximum absolute atomic E-state index is 5.98. The van der Waals surface area contributed by atoms with Crippen molar-refractivity contribution in [3.8, 4) is 0 Å². The predicted octanol–water partition coefficient (Wildman–Crippen LogP) is 4.00. The highest BCUT2D eigenvalue weighted by Crippen LogP contribution is 2.37. The van der Waals surface area contributed by atoms with Crippen LogP contribution in [0.3, 0.4) is 0 Å². The predicted molar refractivity (Wildman–Crippen MR) is 76.3 cm³/mol. The molecule has 0 amide bonds. The summed E-state index contributed by atoms with van der Waals surface area (Å²) in [6, 6.07) is 0. The van der Waals surface area contributed by atoms with Gasteiger partial charge in [0.15, 0.2) is 0 Å². The molecule has 0 aromatic carbocycles. The minimum absolute atomic E-state index is 0.177. The SMILES string of the molecule is CC1CCCCC1/C=C/B1OC(C)(C)C(C)(C)O1. The van der Waals surface area contributed by atoms with Gasteiger partial charge >= 0.3 is 7.12 Å². The second-order valence-corrected chi connectivity index (χ2v) is 6.94. The molecule has 18 heavy (non-hydrogen) atoms. The summed E-state index contributed by atoms with van der Waals surface area (Å²) in [6.07, 6.45) is 7.76. The molecule has 1 aliphatic heterocycles. The van der Waals surface area contributed by atoms with Gasteiger partial charge in [-0.2, -0.15) is 0 Å². The Kier molecular flexibility index (Phi) is 3.94. The van der Waals surface area contributed by atoms with Crippen LogP contribution in [-0.2, 0) is 9.31 Å². The van der Waals surface area contributed by atoms with E-state index in [1.807, 2.05) is 0 Å². The van der Waals surface area contributed by atoms with Gasteiger partial charge in [-0.05, 0) is 46.0 Å². The van der Waals surface area contributed by atoms with E-state index in [4.69, 9.17) is 9.31 Å². The molecule has 2 fully saturated rings. The summed E-state index contributed by atoms with van der Waals surface area (Å²) < 4.78 is 12.0. The molecule has 2 unspecified atom stereocenters. The third kappa shape index (κ3) is 2.83. The fraction of sp³-hybridized carbons (Fsp3) is 0.867. The van der Waals surface area contributed by atoms with Crippen LogP contribution >= 0.6 is 0 Å². The first-order valence-corrected chi connectivity index (χ1v) is 7.36. The van der Waals surface area contributed by atoms with Crippen LogP contribution in [0.15, 0.2) is 12.1 Å². The molecule has 0 N–H and O–H groups in total. The molecular weight excluding hydrogens is 223 g/mol. The number of rotatable bonds is 2. The zero-order valence-corrected chi connectivity index (χ0v) is 12.5. The quantitative estimate of drug-likeness (QED) is 0.689. The molecule has 0 radical (unpaired) electrons. The van der Waals surface area contributed by atoms with Gasteiger partial charge in [-0.3, -0.25) is 0 Å². The minimum atomic E-state index is -0.222. The molecule has 1 aliphatic carbocycles. The Hall–Kier alpha value is -0.275. The molecule has 2 atom stereocenters. The van der Waals surface area contributed by atoms with Crippen LogP contribution < -0.4 is 0 Å². The van der Waals surface area contributed by atoms with E-state index in [-0.39, 0.29) is 18.3 Å². The first-order valence-electron chi connectivity index (χ1n) is 7.36. The molecule has 2 aliphatic rings. The van der Waals surface area contributed by atoms with Gasteiger partial charge in [0.25, 0.3) is 0 Å². The summed E-state index contributed by atoms with van der Waals surface area (Å²) in [7, 11) is -0.177. The summed E-state index contributed by atoms with van der Waals surface area (Å²) in [5.74, 6) is 3.64. The smallest absolute Gasteiger partial charge is 0.400 e. The Labute approximate surface area is 112 Å². The molecule has 1 saturated carbocycles. The summed E-state index contributed by atoms with van der Waals surface area (Å²) in [4.78, 5) is 0. The second-order valence-electron chi connectivity index (χ2n) is 6.94. The second kappa shape index (κ2) is 5.01. The number of hydrogen-bond acceptors (Lipinski definition) is 2. The van der Waals surface area contributed by atoms with E-state index in [0.29, 0.717) is 5.92 Å². The molecule has 0 spiro atoms. The summed E-state index contributed by atoms with van der Waals surface area (Å²) in [6.45, 7) is 10.8. The van der Waals surface area contributed by atoms with Crippen LogP contribution in [0.2, 0.25) is 0 Å². The lowest BCUT2D eigenvalue weighted by Crippen LogP contribution is -2.41. The van der Waals surface area contributed by atoms with Crippen molar-refractivity contribution in [1.29, 1.82) is 0 Å². The third-order valence-corrected chi connectivity index (χ3v) is 4.96. The van der Waals surface area contributed by atoms with E-state index in [2.05, 4.69) is 46.7 Å². The van der Waals surface area contributed by atoms with Crippen molar-refractivity contribution in [3.63, 3.8) is 0 Å². The van der Waals surface area contributed by atoms with Gasteiger partial charge < -0.3 is 9.31 Å². The van der Waals surface area contributed by atoms with Gasteiger partial charge in [-0.15, -0.1) is 0 Å². The largest absolute Gasteiger partial charge is 0.486 e. The molecular formula is C15H27BO2. The average molecular weight is 250 g/mol. The zero-order valence-electron chi connectivity index (χ0n) is 12.5. The van der Waals surface area contributed by atoms with Crippen LogP contribution in [0.5, 0.6) is 0 Å². The standard InChI is InChI=1S/C15H27BO2/c1-12-8-6-7-9-13(12)10-11-16-17-14(2,3)15(4,5)18-16/h10-13H,6-9H2,1-5H3/b11-10+. The summed E-state index contributed by atoms with van der Waals surface area (Å²) in [5.41, 5.74) is -0.444. The maximum atomic E-state index is 5.98. The van der Waals surface area contributed by atoms with Gasteiger partial charge in [-0.25, -0.2) is 0 Å². The summed E-state index contributed by atoms with van der Waals surface area (Å²) >= 11 is 0. The lowest BCUT2D eigenvalue weighted by Gasteiger charge is -2.32. The van der Waals surface area contributed by atoms with E-state index >= 15 is 0 Å². The molecule has 2 rings (SSSR count). The highest BCUT2D eigenvalue weighted by atomic mass is 16.7. The molecule has 1 heterocycles. The highest BCUT2D eigenvalue weighted by Gasteiger charge is 2.50. The Morgan fingerprint density at radius 2 is 1.56 bits per heavy atom. The first kappa shape index (κ1) is 14.1. The van der Waals surface area contributed by atoms with Crippen molar-refractivity contribution in [3.05, 3.63) is 12.1 Å². The Morgan fingerprint density at radius 3 is 2.11 bits per heavy atom. The van der Waals surface area contributed by atoms with Crippen LogP contribution in [0.4, 0.5) is 0 Å². The Morgan fingerprint density at radius 1 is 1.00 bits per heavy atom. The lowest BCUT2D eigenvalue weighted by molar-refractivity contribution is 0.00578. The van der Waals surface area contributed by atoms with Gasteiger partial charge in [0.05, 0.1) is 11.2 Å². The molecule has 0 aromatic heterocycles. The molecule has 0 bridgehead atoms. The van der Waals surface area contributed by atoms with E-state index in [9.17, 15) is 0 Å². The maximum Gasteiger partial charge on any atom is 0.486 e. The zero-order chi connectivity index (χ0) is 13.4. The van der Waals surface area contributed by atoms with Crippen molar-refractivity contribution in [2.75, 3.05) is 0 Å². The molecule has 2 nitrogen and oxygen atoms in total. The lowest BCUT2D eigenvalue weighted by atomic mass is 9.77. The molecule has 0 aromatic rings. The highest BCUT2D eigenvalue weighted by molar-refractivity contribution is 6.51. The summed E-state index contributed by atoms with van der Waals surface area (Å²) in [5, 5.41) is 0. The normalized spacial score (nSPS) is 35.3.